The maximum absolute atomic E-state index is 5.30. The molecule has 1 spiro atoms. The van der Waals surface area contributed by atoms with Crippen molar-refractivity contribution in [2.24, 2.45) is 0 Å². The zero-order valence-corrected chi connectivity index (χ0v) is 33.6. The number of benzene rings is 9. The Labute approximate surface area is 359 Å². The first-order valence-corrected chi connectivity index (χ1v) is 21.2. The second kappa shape index (κ2) is 13.4. The van der Waals surface area contributed by atoms with E-state index in [1.165, 1.54) is 44.5 Å². The Kier molecular flexibility index (Phi) is 7.49. The van der Waals surface area contributed by atoms with Gasteiger partial charge >= 0.3 is 0 Å². The zero-order chi connectivity index (χ0) is 40.8. The molecule has 2 heterocycles. The second-order valence-electron chi connectivity index (χ2n) is 16.3. The van der Waals surface area contributed by atoms with Crippen molar-refractivity contribution in [3.8, 4) is 73.2 Å². The number of fused-ring (bicyclic) bond motifs is 13. The molecule has 9 aromatic carbocycles. The molecule has 0 fully saturated rings. The van der Waals surface area contributed by atoms with Crippen LogP contribution in [-0.2, 0) is 5.41 Å². The number of rotatable bonds is 5. The van der Waals surface area contributed by atoms with Crippen molar-refractivity contribution in [3.63, 3.8) is 0 Å². The van der Waals surface area contributed by atoms with Crippen molar-refractivity contribution in [1.29, 1.82) is 0 Å². The summed E-state index contributed by atoms with van der Waals surface area (Å²) < 4.78 is 2.22. The third kappa shape index (κ3) is 4.98. The first kappa shape index (κ1) is 34.6. The van der Waals surface area contributed by atoms with Gasteiger partial charge in [-0.1, -0.05) is 194 Å². The molecule has 0 atom stereocenters. The first-order valence-electron chi connectivity index (χ1n) is 21.2. The quantitative estimate of drug-likeness (QED) is 0.174. The Morgan fingerprint density at radius 2 is 0.774 bits per heavy atom. The summed E-state index contributed by atoms with van der Waals surface area (Å²) >= 11 is 0. The smallest absolute Gasteiger partial charge is 0.238 e. The van der Waals surface area contributed by atoms with Crippen molar-refractivity contribution in [2.45, 2.75) is 5.41 Å². The predicted molar refractivity (Wildman–Crippen MR) is 252 cm³/mol. The van der Waals surface area contributed by atoms with Gasteiger partial charge in [-0.05, 0) is 91.0 Å². The Morgan fingerprint density at radius 1 is 0.290 bits per heavy atom. The molecule has 4 nitrogen and oxygen atoms in total. The van der Waals surface area contributed by atoms with Gasteiger partial charge in [-0.3, -0.25) is 4.57 Å². The molecule has 0 unspecified atom stereocenters. The highest BCUT2D eigenvalue weighted by Crippen LogP contribution is 2.63. The molecule has 288 valence electrons. The van der Waals surface area contributed by atoms with E-state index in [9.17, 15) is 0 Å². The minimum Gasteiger partial charge on any atom is -0.278 e. The highest BCUT2D eigenvalue weighted by Gasteiger charge is 2.51. The lowest BCUT2D eigenvalue weighted by Crippen LogP contribution is -2.25. The normalized spacial score (nSPS) is 13.0. The fourth-order valence-electron chi connectivity index (χ4n) is 10.4. The number of hydrogen-bond donors (Lipinski definition) is 0. The molecule has 13 rings (SSSR count). The van der Waals surface area contributed by atoms with Crippen LogP contribution in [0.1, 0.15) is 22.3 Å². The largest absolute Gasteiger partial charge is 0.278 e. The number of aromatic nitrogens is 4. The zero-order valence-electron chi connectivity index (χ0n) is 33.6. The molecule has 4 heteroatoms. The summed E-state index contributed by atoms with van der Waals surface area (Å²) in [7, 11) is 0. The molecule has 62 heavy (non-hydrogen) atoms. The van der Waals surface area contributed by atoms with E-state index in [4.69, 9.17) is 15.0 Å². The lowest BCUT2D eigenvalue weighted by Gasteiger charge is -2.30. The van der Waals surface area contributed by atoms with E-state index in [-0.39, 0.29) is 5.41 Å². The van der Waals surface area contributed by atoms with E-state index in [0.29, 0.717) is 17.6 Å². The van der Waals surface area contributed by atoms with Crippen LogP contribution in [0.25, 0.3) is 95.0 Å². The topological polar surface area (TPSA) is 43.6 Å². The fourth-order valence-corrected chi connectivity index (χ4v) is 10.4. The highest BCUT2D eigenvalue weighted by atomic mass is 15.2. The van der Waals surface area contributed by atoms with Crippen LogP contribution in [0.5, 0.6) is 0 Å². The minimum atomic E-state index is -0.374. The van der Waals surface area contributed by atoms with Gasteiger partial charge < -0.3 is 0 Å². The second-order valence-corrected chi connectivity index (χ2v) is 16.3. The summed E-state index contributed by atoms with van der Waals surface area (Å²) in [6, 6.07) is 78.6. The molecule has 2 aliphatic rings. The molecule has 0 radical (unpaired) electrons. The van der Waals surface area contributed by atoms with E-state index >= 15 is 0 Å². The van der Waals surface area contributed by atoms with Gasteiger partial charge in [0.05, 0.1) is 16.4 Å². The summed E-state index contributed by atoms with van der Waals surface area (Å²) in [6.07, 6.45) is 0. The van der Waals surface area contributed by atoms with Crippen LogP contribution in [-0.4, -0.2) is 19.5 Å². The SMILES string of the molecule is c1ccc(-c2cccc(-c3nc(-c4ccccc4)nc(-n4c5ccccc5c5ccc(-c6ccc7c(c6)-c6ccccc6C76c7ccccc7-c7ccccc76)cc54)n3)c2)cc1. The molecular formula is C58H36N4. The molecule has 0 saturated heterocycles. The van der Waals surface area contributed by atoms with E-state index in [1.807, 2.05) is 24.3 Å². The van der Waals surface area contributed by atoms with Crippen LogP contribution < -0.4 is 0 Å². The maximum atomic E-state index is 5.30. The maximum Gasteiger partial charge on any atom is 0.238 e. The molecule has 0 bridgehead atoms. The molecular weight excluding hydrogens is 753 g/mol. The minimum absolute atomic E-state index is 0.374. The van der Waals surface area contributed by atoms with Crippen molar-refractivity contribution < 1.29 is 0 Å². The molecule has 11 aromatic rings. The first-order chi connectivity index (χ1) is 30.7. The third-order valence-electron chi connectivity index (χ3n) is 13.1. The van der Waals surface area contributed by atoms with E-state index < -0.39 is 0 Å². The van der Waals surface area contributed by atoms with Crippen LogP contribution in [0.3, 0.4) is 0 Å². The Bertz CT molecular complexity index is 3540. The van der Waals surface area contributed by atoms with Gasteiger partial charge in [-0.25, -0.2) is 4.98 Å². The highest BCUT2D eigenvalue weighted by molar-refractivity contribution is 6.10. The molecule has 0 amide bonds. The van der Waals surface area contributed by atoms with Crippen LogP contribution in [0.4, 0.5) is 0 Å². The average molecular weight is 789 g/mol. The van der Waals surface area contributed by atoms with E-state index in [0.717, 1.165) is 55.2 Å². The Balaban J connectivity index is 1.01. The van der Waals surface area contributed by atoms with Gasteiger partial charge in [0.1, 0.15) is 0 Å². The van der Waals surface area contributed by atoms with Crippen molar-refractivity contribution in [1.82, 2.24) is 19.5 Å². The van der Waals surface area contributed by atoms with Crippen molar-refractivity contribution in [2.75, 3.05) is 0 Å². The number of hydrogen-bond acceptors (Lipinski definition) is 3. The standard InChI is InChI=1S/C58H36N4/c1-3-16-37(17-4-1)39-20-15-21-42(34-39)56-59-55(38-18-5-2-6-19-38)60-57(61-56)62-53-29-14-10-25-46(53)47-32-30-41(36-54(47)62)40-31-33-52-48(35-40)45-24-9-13-28-51(45)58(52)49-26-11-7-22-43(49)44-23-8-12-27-50(44)58/h1-36H. The fraction of sp³-hybridized carbons (Fsp3) is 0.0172. The van der Waals surface area contributed by atoms with E-state index in [1.54, 1.807) is 0 Å². The van der Waals surface area contributed by atoms with Gasteiger partial charge in [0.2, 0.25) is 5.95 Å². The van der Waals surface area contributed by atoms with Crippen LogP contribution in [0.15, 0.2) is 218 Å². The van der Waals surface area contributed by atoms with Gasteiger partial charge in [0.25, 0.3) is 0 Å². The number of nitrogens with zero attached hydrogens (tertiary/aromatic N) is 4. The van der Waals surface area contributed by atoms with Crippen LogP contribution >= 0.6 is 0 Å². The number of para-hydroxylation sites is 1. The van der Waals surface area contributed by atoms with Gasteiger partial charge in [0.15, 0.2) is 11.6 Å². The van der Waals surface area contributed by atoms with Gasteiger partial charge in [-0.15, -0.1) is 0 Å². The molecule has 0 aliphatic heterocycles. The Hall–Kier alpha value is -8.21. The lowest BCUT2D eigenvalue weighted by atomic mass is 9.70. The van der Waals surface area contributed by atoms with Gasteiger partial charge in [-0.2, -0.15) is 9.97 Å². The lowest BCUT2D eigenvalue weighted by molar-refractivity contribution is 0.794. The predicted octanol–water partition coefficient (Wildman–Crippen LogP) is 14.0. The molecule has 2 aliphatic carbocycles. The van der Waals surface area contributed by atoms with Crippen LogP contribution in [0.2, 0.25) is 0 Å². The molecule has 0 N–H and O–H groups in total. The average Bonchev–Trinajstić information content (AvgIpc) is 3.96. The molecule has 0 saturated carbocycles. The third-order valence-corrected chi connectivity index (χ3v) is 13.1. The monoisotopic (exact) mass is 788 g/mol. The summed E-state index contributed by atoms with van der Waals surface area (Å²) in [6.45, 7) is 0. The van der Waals surface area contributed by atoms with Crippen molar-refractivity contribution >= 4 is 21.8 Å². The molecule has 2 aromatic heterocycles. The summed E-state index contributed by atoms with van der Waals surface area (Å²) in [4.78, 5) is 15.7. The van der Waals surface area contributed by atoms with Gasteiger partial charge in [0, 0.05) is 21.9 Å². The van der Waals surface area contributed by atoms with E-state index in [2.05, 4.69) is 199 Å². The summed E-state index contributed by atoms with van der Waals surface area (Å²) in [5.74, 6) is 1.82. The Morgan fingerprint density at radius 3 is 1.48 bits per heavy atom. The summed E-state index contributed by atoms with van der Waals surface area (Å²) in [5.41, 5.74) is 18.7. The van der Waals surface area contributed by atoms with Crippen molar-refractivity contribution in [3.05, 3.63) is 241 Å². The summed E-state index contributed by atoms with van der Waals surface area (Å²) in [5, 5.41) is 2.29. The van der Waals surface area contributed by atoms with Crippen LogP contribution in [0, 0.1) is 0 Å².